The predicted octanol–water partition coefficient (Wildman–Crippen LogP) is 4.04. The van der Waals surface area contributed by atoms with Gasteiger partial charge < -0.3 is 14.4 Å². The van der Waals surface area contributed by atoms with Gasteiger partial charge in [-0.1, -0.05) is 13.8 Å². The molecule has 2 aliphatic heterocycles. The monoisotopic (exact) mass is 393 g/mol. The largest absolute Gasteiger partial charge is 0.465 e. The number of benzene rings is 1. The molecule has 1 aromatic carbocycles. The van der Waals surface area contributed by atoms with Crippen molar-refractivity contribution in [1.82, 2.24) is 9.88 Å². The minimum atomic E-state index is -0.816. The van der Waals surface area contributed by atoms with Crippen LogP contribution in [0.25, 0.3) is 11.1 Å². The molecule has 2 unspecified atom stereocenters. The van der Waals surface area contributed by atoms with Crippen LogP contribution in [-0.4, -0.2) is 46.3 Å². The molecule has 0 radical (unpaired) electrons. The Morgan fingerprint density at radius 2 is 2.00 bits per heavy atom. The molecule has 2 saturated heterocycles. The van der Waals surface area contributed by atoms with E-state index < -0.39 is 6.09 Å². The zero-order valence-electron chi connectivity index (χ0n) is 13.7. The van der Waals surface area contributed by atoms with Crippen LogP contribution in [-0.2, 0) is 0 Å². The van der Waals surface area contributed by atoms with Gasteiger partial charge in [0, 0.05) is 13.1 Å². The molecule has 0 aliphatic carbocycles. The van der Waals surface area contributed by atoms with E-state index in [-0.39, 0.29) is 12.1 Å². The van der Waals surface area contributed by atoms with Crippen LogP contribution in [0.4, 0.5) is 10.8 Å². The second kappa shape index (κ2) is 5.65. The molecular formula is C17H20BrN3O3. The maximum atomic E-state index is 11.4. The highest BCUT2D eigenvalue weighted by Crippen LogP contribution is 2.36. The quantitative estimate of drug-likeness (QED) is 0.833. The molecule has 24 heavy (non-hydrogen) atoms. The molecule has 2 bridgehead atoms. The highest BCUT2D eigenvalue weighted by Gasteiger charge is 2.43. The summed E-state index contributed by atoms with van der Waals surface area (Å²) >= 11 is 3.58. The summed E-state index contributed by atoms with van der Waals surface area (Å²) in [6.45, 7) is 5.59. The molecule has 7 heteroatoms. The average molecular weight is 394 g/mol. The Morgan fingerprint density at radius 1 is 1.33 bits per heavy atom. The molecule has 2 aliphatic rings. The first kappa shape index (κ1) is 15.7. The molecule has 1 N–H and O–H groups in total. The van der Waals surface area contributed by atoms with E-state index in [9.17, 15) is 9.90 Å². The number of halogens is 1. The van der Waals surface area contributed by atoms with Crippen LogP contribution in [0.2, 0.25) is 0 Å². The first-order valence-electron chi connectivity index (χ1n) is 8.30. The van der Waals surface area contributed by atoms with Gasteiger partial charge in [-0.15, -0.1) is 0 Å². The zero-order chi connectivity index (χ0) is 17.0. The molecule has 0 spiro atoms. The van der Waals surface area contributed by atoms with Gasteiger partial charge in [-0.3, -0.25) is 4.90 Å². The van der Waals surface area contributed by atoms with Crippen LogP contribution >= 0.6 is 15.9 Å². The van der Waals surface area contributed by atoms with Gasteiger partial charge in [0.05, 0.1) is 16.6 Å². The molecule has 128 valence electrons. The maximum Gasteiger partial charge on any atom is 0.407 e. The predicted molar refractivity (Wildman–Crippen MR) is 94.7 cm³/mol. The summed E-state index contributed by atoms with van der Waals surface area (Å²) in [6, 6.07) is 4.80. The lowest BCUT2D eigenvalue weighted by molar-refractivity contribution is 0.114. The summed E-state index contributed by atoms with van der Waals surface area (Å²) in [7, 11) is 0. The number of amides is 1. The van der Waals surface area contributed by atoms with Crippen LogP contribution in [0.5, 0.6) is 0 Å². The Bertz CT molecular complexity index is 790. The number of rotatable bonds is 2. The third-order valence-corrected chi connectivity index (χ3v) is 5.69. The molecule has 4 rings (SSSR count). The number of aromatic nitrogens is 1. The Hall–Kier alpha value is -1.76. The van der Waals surface area contributed by atoms with Crippen LogP contribution in [0.15, 0.2) is 21.0 Å². The first-order valence-corrected chi connectivity index (χ1v) is 9.09. The number of hydrogen-bond donors (Lipinski definition) is 1. The van der Waals surface area contributed by atoms with E-state index in [0.717, 1.165) is 28.4 Å². The number of anilines is 1. The molecule has 1 amide bonds. The SMILES string of the molecule is CC(C)c1cc(Br)c2oc(N3CC4CCC(C3)N4C(=O)O)nc2c1. The van der Waals surface area contributed by atoms with Crippen LogP contribution < -0.4 is 4.90 Å². The molecule has 1 aromatic heterocycles. The number of nitrogens with zero attached hydrogens (tertiary/aromatic N) is 3. The number of fused-ring (bicyclic) bond motifs is 3. The lowest BCUT2D eigenvalue weighted by atomic mass is 10.0. The topological polar surface area (TPSA) is 69.8 Å². The van der Waals surface area contributed by atoms with Gasteiger partial charge in [0.2, 0.25) is 0 Å². The average Bonchev–Trinajstić information content (AvgIpc) is 3.07. The third-order valence-electron chi connectivity index (χ3n) is 5.10. The van der Waals surface area contributed by atoms with Crippen molar-refractivity contribution < 1.29 is 14.3 Å². The van der Waals surface area contributed by atoms with Gasteiger partial charge in [0.1, 0.15) is 5.52 Å². The Balaban J connectivity index is 1.66. The first-order chi connectivity index (χ1) is 11.4. The van der Waals surface area contributed by atoms with Gasteiger partial charge in [-0.25, -0.2) is 4.79 Å². The van der Waals surface area contributed by atoms with Crippen molar-refractivity contribution in [2.24, 2.45) is 0 Å². The summed E-state index contributed by atoms with van der Waals surface area (Å²) in [5.74, 6) is 0.417. The summed E-state index contributed by atoms with van der Waals surface area (Å²) in [4.78, 5) is 19.8. The smallest absolute Gasteiger partial charge is 0.407 e. The fraction of sp³-hybridized carbons (Fsp3) is 0.529. The number of oxazole rings is 1. The van der Waals surface area contributed by atoms with E-state index in [4.69, 9.17) is 4.42 Å². The summed E-state index contributed by atoms with van der Waals surface area (Å²) in [5.41, 5.74) is 2.81. The standard InChI is InChI=1S/C17H20BrN3O3/c1-9(2)10-5-13(18)15-14(6-10)19-16(24-15)20-7-11-3-4-12(8-20)21(11)17(22)23/h5-6,9,11-12H,3-4,7-8H2,1-2H3,(H,22,23). The molecule has 3 heterocycles. The van der Waals surface area contributed by atoms with Crippen LogP contribution in [0.3, 0.4) is 0 Å². The summed E-state index contributed by atoms with van der Waals surface area (Å²) in [5, 5.41) is 9.37. The molecular weight excluding hydrogens is 374 g/mol. The second-order valence-electron chi connectivity index (χ2n) is 6.98. The molecule has 0 saturated carbocycles. The minimum Gasteiger partial charge on any atom is -0.465 e. The van der Waals surface area contributed by atoms with Crippen LogP contribution in [0.1, 0.15) is 38.2 Å². The van der Waals surface area contributed by atoms with Gasteiger partial charge >= 0.3 is 6.09 Å². The lowest BCUT2D eigenvalue weighted by Gasteiger charge is -2.38. The van der Waals surface area contributed by atoms with Crippen molar-refractivity contribution in [2.45, 2.75) is 44.7 Å². The van der Waals surface area contributed by atoms with Crippen molar-refractivity contribution in [3.8, 4) is 0 Å². The van der Waals surface area contributed by atoms with E-state index >= 15 is 0 Å². The fourth-order valence-corrected chi connectivity index (χ4v) is 4.39. The molecule has 2 fully saturated rings. The van der Waals surface area contributed by atoms with Gasteiger partial charge in [-0.05, 0) is 52.4 Å². The van der Waals surface area contributed by atoms with Gasteiger partial charge in [-0.2, -0.15) is 4.98 Å². The Labute approximate surface area is 148 Å². The van der Waals surface area contributed by atoms with Crippen molar-refractivity contribution in [3.63, 3.8) is 0 Å². The third kappa shape index (κ3) is 2.46. The Morgan fingerprint density at radius 3 is 2.58 bits per heavy atom. The number of carbonyl (C=O) groups is 1. The van der Waals surface area contributed by atoms with Crippen LogP contribution in [0, 0.1) is 0 Å². The molecule has 6 nitrogen and oxygen atoms in total. The maximum absolute atomic E-state index is 11.4. The van der Waals surface area contributed by atoms with E-state index in [2.05, 4.69) is 51.8 Å². The second-order valence-corrected chi connectivity index (χ2v) is 7.84. The van der Waals surface area contributed by atoms with E-state index in [1.807, 2.05) is 0 Å². The molecule has 2 atom stereocenters. The lowest BCUT2D eigenvalue weighted by Crippen LogP contribution is -2.55. The normalized spacial score (nSPS) is 23.5. The summed E-state index contributed by atoms with van der Waals surface area (Å²) < 4.78 is 6.91. The van der Waals surface area contributed by atoms with Gasteiger partial charge in [0.15, 0.2) is 5.58 Å². The van der Waals surface area contributed by atoms with Crippen molar-refractivity contribution >= 4 is 39.1 Å². The zero-order valence-corrected chi connectivity index (χ0v) is 15.3. The highest BCUT2D eigenvalue weighted by atomic mass is 79.9. The molecule has 2 aromatic rings. The highest BCUT2D eigenvalue weighted by molar-refractivity contribution is 9.10. The van der Waals surface area contributed by atoms with Crippen molar-refractivity contribution in [3.05, 3.63) is 22.2 Å². The minimum absolute atomic E-state index is 0.0333. The van der Waals surface area contributed by atoms with E-state index in [0.29, 0.717) is 25.0 Å². The number of piperazine rings is 1. The van der Waals surface area contributed by atoms with Gasteiger partial charge in [0.25, 0.3) is 6.01 Å². The van der Waals surface area contributed by atoms with E-state index in [1.54, 1.807) is 4.90 Å². The fourth-order valence-electron chi connectivity index (χ4n) is 3.84. The number of carboxylic acid groups (broad SMARTS) is 1. The Kier molecular flexibility index (Phi) is 3.71. The summed E-state index contributed by atoms with van der Waals surface area (Å²) in [6.07, 6.45) is 1.01. The number of hydrogen-bond acceptors (Lipinski definition) is 4. The van der Waals surface area contributed by atoms with E-state index in [1.165, 1.54) is 5.56 Å². The van der Waals surface area contributed by atoms with Crippen molar-refractivity contribution in [2.75, 3.05) is 18.0 Å². The van der Waals surface area contributed by atoms with Crippen molar-refractivity contribution in [1.29, 1.82) is 0 Å².